The van der Waals surface area contributed by atoms with Crippen LogP contribution < -0.4 is 5.32 Å². The average molecular weight is 347 g/mol. The van der Waals surface area contributed by atoms with E-state index in [4.69, 9.17) is 34.8 Å². The van der Waals surface area contributed by atoms with E-state index in [-0.39, 0.29) is 15.6 Å². The molecule has 0 radical (unpaired) electrons. The van der Waals surface area contributed by atoms with E-state index in [2.05, 4.69) is 17.3 Å². The average Bonchev–Trinajstić information content (AvgIpc) is 2.68. The number of aryl methyl sites for hydroxylation is 2. The summed E-state index contributed by atoms with van der Waals surface area (Å²) in [6, 6.07) is 4.80. The van der Waals surface area contributed by atoms with Crippen LogP contribution in [0.25, 0.3) is 0 Å². The normalized spacial score (nSPS) is 10.7. The molecule has 0 aliphatic heterocycles. The van der Waals surface area contributed by atoms with Crippen LogP contribution in [0.2, 0.25) is 15.1 Å². The third-order valence-corrected chi connectivity index (χ3v) is 3.73. The van der Waals surface area contributed by atoms with Gasteiger partial charge in [-0.3, -0.25) is 9.48 Å². The summed E-state index contributed by atoms with van der Waals surface area (Å²) in [6.07, 6.45) is 1.84. The van der Waals surface area contributed by atoms with Gasteiger partial charge in [0.1, 0.15) is 5.82 Å². The summed E-state index contributed by atoms with van der Waals surface area (Å²) in [6.45, 7) is 2.07. The zero-order valence-electron chi connectivity index (χ0n) is 11.6. The summed E-state index contributed by atoms with van der Waals surface area (Å²) in [5.74, 6) is 0.193. The van der Waals surface area contributed by atoms with E-state index in [1.807, 2.05) is 6.07 Å². The summed E-state index contributed by atoms with van der Waals surface area (Å²) >= 11 is 17.9. The van der Waals surface area contributed by atoms with Crippen LogP contribution >= 0.6 is 34.8 Å². The van der Waals surface area contributed by atoms with Crippen molar-refractivity contribution in [2.75, 3.05) is 5.32 Å². The Balaban J connectivity index is 2.26. The van der Waals surface area contributed by atoms with Gasteiger partial charge in [0.25, 0.3) is 5.91 Å². The van der Waals surface area contributed by atoms with Gasteiger partial charge in [0.15, 0.2) is 0 Å². The number of anilines is 1. The minimum Gasteiger partial charge on any atom is -0.307 e. The molecule has 0 aliphatic carbocycles. The predicted octanol–water partition coefficient (Wildman–Crippen LogP) is 4.59. The SMILES string of the molecule is CCCc1cc(NC(=O)c2c(Cl)cc(Cl)cc2Cl)n(C)n1. The van der Waals surface area contributed by atoms with Crippen LogP contribution in [0.15, 0.2) is 18.2 Å². The van der Waals surface area contributed by atoms with Gasteiger partial charge in [-0.1, -0.05) is 48.1 Å². The maximum absolute atomic E-state index is 12.3. The summed E-state index contributed by atoms with van der Waals surface area (Å²) in [5, 5.41) is 7.88. The molecule has 0 aliphatic rings. The van der Waals surface area contributed by atoms with Crippen molar-refractivity contribution in [1.29, 1.82) is 0 Å². The van der Waals surface area contributed by atoms with E-state index in [1.165, 1.54) is 12.1 Å². The second-order valence-corrected chi connectivity index (χ2v) is 5.84. The smallest absolute Gasteiger partial charge is 0.259 e. The summed E-state index contributed by atoms with van der Waals surface area (Å²) in [5.41, 5.74) is 1.12. The highest BCUT2D eigenvalue weighted by molar-refractivity contribution is 6.42. The zero-order valence-corrected chi connectivity index (χ0v) is 13.9. The molecule has 4 nitrogen and oxygen atoms in total. The van der Waals surface area contributed by atoms with E-state index in [9.17, 15) is 4.79 Å². The van der Waals surface area contributed by atoms with E-state index in [0.717, 1.165) is 18.5 Å². The van der Waals surface area contributed by atoms with Crippen LogP contribution in [-0.2, 0) is 13.5 Å². The van der Waals surface area contributed by atoms with E-state index < -0.39 is 5.91 Å². The van der Waals surface area contributed by atoms with Crippen molar-refractivity contribution in [3.63, 3.8) is 0 Å². The highest BCUT2D eigenvalue weighted by Gasteiger charge is 2.17. The molecule has 0 bridgehead atoms. The number of rotatable bonds is 4. The highest BCUT2D eigenvalue weighted by Crippen LogP contribution is 2.29. The molecule has 1 aromatic carbocycles. The van der Waals surface area contributed by atoms with Crippen LogP contribution in [0, 0.1) is 0 Å². The van der Waals surface area contributed by atoms with Gasteiger partial charge in [-0.15, -0.1) is 0 Å². The van der Waals surface area contributed by atoms with Crippen LogP contribution in [0.4, 0.5) is 5.82 Å². The fraction of sp³-hybridized carbons (Fsp3) is 0.286. The number of aromatic nitrogens is 2. The fourth-order valence-electron chi connectivity index (χ4n) is 1.96. The molecule has 112 valence electrons. The van der Waals surface area contributed by atoms with E-state index >= 15 is 0 Å². The molecule has 0 unspecified atom stereocenters. The van der Waals surface area contributed by atoms with Crippen molar-refractivity contribution in [3.05, 3.63) is 44.5 Å². The number of amides is 1. The molecule has 2 rings (SSSR count). The van der Waals surface area contributed by atoms with Crippen LogP contribution in [0.1, 0.15) is 29.4 Å². The van der Waals surface area contributed by atoms with Gasteiger partial charge < -0.3 is 5.32 Å². The number of nitrogens with one attached hydrogen (secondary N) is 1. The predicted molar refractivity (Wildman–Crippen MR) is 86.6 cm³/mol. The molecule has 1 heterocycles. The Labute approximate surface area is 138 Å². The lowest BCUT2D eigenvalue weighted by Gasteiger charge is -2.08. The topological polar surface area (TPSA) is 46.9 Å². The highest BCUT2D eigenvalue weighted by atomic mass is 35.5. The molecule has 0 atom stereocenters. The van der Waals surface area contributed by atoms with Crippen LogP contribution in [-0.4, -0.2) is 15.7 Å². The first kappa shape index (κ1) is 16.1. The third kappa shape index (κ3) is 3.70. The standard InChI is InChI=1S/C14H14Cl3N3O/c1-3-4-9-7-12(20(2)19-9)18-14(21)13-10(16)5-8(15)6-11(13)17/h5-7H,3-4H2,1-2H3,(H,18,21). The molecule has 0 saturated carbocycles. The first-order valence-electron chi connectivity index (χ1n) is 6.41. The van der Waals surface area contributed by atoms with E-state index in [0.29, 0.717) is 10.8 Å². The summed E-state index contributed by atoms with van der Waals surface area (Å²) < 4.78 is 1.61. The molecule has 0 saturated heterocycles. The molecule has 0 spiro atoms. The molecule has 1 N–H and O–H groups in total. The van der Waals surface area contributed by atoms with Crippen molar-refractivity contribution in [1.82, 2.24) is 9.78 Å². The number of halogens is 3. The number of hydrogen-bond donors (Lipinski definition) is 1. The minimum atomic E-state index is -0.396. The second kappa shape index (κ2) is 6.69. The van der Waals surface area contributed by atoms with Gasteiger partial charge >= 0.3 is 0 Å². The summed E-state index contributed by atoms with van der Waals surface area (Å²) in [4.78, 5) is 12.3. The molecule has 1 amide bonds. The Hall–Kier alpha value is -1.23. The third-order valence-electron chi connectivity index (χ3n) is 2.91. The van der Waals surface area contributed by atoms with Crippen LogP contribution in [0.5, 0.6) is 0 Å². The lowest BCUT2D eigenvalue weighted by atomic mass is 10.2. The molecular weight excluding hydrogens is 333 g/mol. The Morgan fingerprint density at radius 1 is 1.24 bits per heavy atom. The van der Waals surface area contributed by atoms with Gasteiger partial charge in [-0.05, 0) is 18.6 Å². The molecular formula is C14H14Cl3N3O. The monoisotopic (exact) mass is 345 g/mol. The Morgan fingerprint density at radius 2 is 1.86 bits per heavy atom. The van der Waals surface area contributed by atoms with Gasteiger partial charge in [-0.2, -0.15) is 5.10 Å². The van der Waals surface area contributed by atoms with Crippen LogP contribution in [0.3, 0.4) is 0 Å². The van der Waals surface area contributed by atoms with Crippen molar-refractivity contribution in [2.45, 2.75) is 19.8 Å². The first-order valence-corrected chi connectivity index (χ1v) is 7.54. The van der Waals surface area contributed by atoms with Crippen molar-refractivity contribution >= 4 is 46.5 Å². The van der Waals surface area contributed by atoms with Crippen molar-refractivity contribution < 1.29 is 4.79 Å². The number of carbonyl (C=O) groups is 1. The van der Waals surface area contributed by atoms with Gasteiger partial charge in [0.2, 0.25) is 0 Å². The number of benzene rings is 1. The minimum absolute atomic E-state index is 0.195. The van der Waals surface area contributed by atoms with Gasteiger partial charge in [0, 0.05) is 18.1 Å². The summed E-state index contributed by atoms with van der Waals surface area (Å²) in [7, 11) is 1.76. The molecule has 21 heavy (non-hydrogen) atoms. The first-order chi connectivity index (χ1) is 9.92. The quantitative estimate of drug-likeness (QED) is 0.880. The number of nitrogens with zero attached hydrogens (tertiary/aromatic N) is 2. The Bertz CT molecular complexity index is 659. The largest absolute Gasteiger partial charge is 0.307 e. The lowest BCUT2D eigenvalue weighted by molar-refractivity contribution is 0.102. The molecule has 1 aromatic heterocycles. The maximum Gasteiger partial charge on any atom is 0.259 e. The van der Waals surface area contributed by atoms with Gasteiger partial charge in [0.05, 0.1) is 21.3 Å². The van der Waals surface area contributed by atoms with Crippen molar-refractivity contribution in [2.24, 2.45) is 7.05 Å². The zero-order chi connectivity index (χ0) is 15.6. The Kier molecular flexibility index (Phi) is 5.14. The fourth-order valence-corrected chi connectivity index (χ4v) is 2.95. The second-order valence-electron chi connectivity index (χ2n) is 4.59. The molecule has 7 heteroatoms. The molecule has 0 fully saturated rings. The number of carbonyl (C=O) groups excluding carboxylic acids is 1. The maximum atomic E-state index is 12.3. The number of hydrogen-bond acceptors (Lipinski definition) is 2. The molecule has 2 aromatic rings. The van der Waals surface area contributed by atoms with E-state index in [1.54, 1.807) is 11.7 Å². The van der Waals surface area contributed by atoms with Crippen molar-refractivity contribution in [3.8, 4) is 0 Å². The Morgan fingerprint density at radius 3 is 2.43 bits per heavy atom. The van der Waals surface area contributed by atoms with Gasteiger partial charge in [-0.25, -0.2) is 0 Å². The lowest BCUT2D eigenvalue weighted by Crippen LogP contribution is -2.15.